The van der Waals surface area contributed by atoms with Crippen molar-refractivity contribution in [2.24, 2.45) is 0 Å². The average molecular weight is 352 g/mol. The number of benzene rings is 2. The standard InChI is InChI=1S/C17H16BrF2N/c1-10-3-2-4-11(5-10)12-6-13(7-12)21-17-9-15(19)14(18)8-16(17)20/h2-5,8-9,12-13,21H,6-7H2,1H3. The molecule has 1 nitrogen and oxygen atoms in total. The predicted molar refractivity (Wildman–Crippen MR) is 84.6 cm³/mol. The van der Waals surface area contributed by atoms with E-state index in [1.807, 2.05) is 0 Å². The largest absolute Gasteiger partial charge is 0.380 e. The first-order valence-corrected chi connectivity index (χ1v) is 7.80. The van der Waals surface area contributed by atoms with Crippen LogP contribution in [0.5, 0.6) is 0 Å². The lowest BCUT2D eigenvalue weighted by molar-refractivity contribution is 0.372. The van der Waals surface area contributed by atoms with E-state index >= 15 is 0 Å². The Labute approximate surface area is 131 Å². The second-order valence-corrected chi connectivity index (χ2v) is 6.52. The van der Waals surface area contributed by atoms with E-state index in [4.69, 9.17) is 0 Å². The summed E-state index contributed by atoms with van der Waals surface area (Å²) in [6, 6.07) is 11.0. The zero-order valence-electron chi connectivity index (χ0n) is 11.7. The quantitative estimate of drug-likeness (QED) is 0.730. The van der Waals surface area contributed by atoms with Gasteiger partial charge in [0.2, 0.25) is 0 Å². The molecular formula is C17H16BrF2N. The highest BCUT2D eigenvalue weighted by Gasteiger charge is 2.30. The topological polar surface area (TPSA) is 12.0 Å². The van der Waals surface area contributed by atoms with Crippen LogP contribution in [-0.4, -0.2) is 6.04 Å². The van der Waals surface area contributed by atoms with Crippen molar-refractivity contribution in [1.82, 2.24) is 0 Å². The molecule has 1 saturated carbocycles. The van der Waals surface area contributed by atoms with Gasteiger partial charge in [-0.15, -0.1) is 0 Å². The second-order valence-electron chi connectivity index (χ2n) is 5.67. The molecule has 1 aliphatic carbocycles. The SMILES string of the molecule is Cc1cccc(C2CC(Nc3cc(F)c(Br)cc3F)C2)c1. The van der Waals surface area contributed by atoms with Crippen LogP contribution in [0.1, 0.15) is 29.9 Å². The molecule has 0 aromatic heterocycles. The Morgan fingerprint density at radius 2 is 1.86 bits per heavy atom. The van der Waals surface area contributed by atoms with E-state index in [2.05, 4.69) is 52.4 Å². The first kappa shape index (κ1) is 14.5. The smallest absolute Gasteiger partial charge is 0.147 e. The van der Waals surface area contributed by atoms with Crippen LogP contribution in [0.15, 0.2) is 40.9 Å². The molecule has 0 unspecified atom stereocenters. The molecule has 0 saturated heterocycles. The number of nitrogens with one attached hydrogen (secondary N) is 1. The van der Waals surface area contributed by atoms with Gasteiger partial charge in [-0.1, -0.05) is 29.8 Å². The molecule has 1 fully saturated rings. The minimum Gasteiger partial charge on any atom is -0.380 e. The minimum atomic E-state index is -0.451. The maximum Gasteiger partial charge on any atom is 0.147 e. The van der Waals surface area contributed by atoms with Crippen LogP contribution in [0.25, 0.3) is 0 Å². The second kappa shape index (κ2) is 5.76. The Morgan fingerprint density at radius 1 is 1.10 bits per heavy atom. The van der Waals surface area contributed by atoms with Crippen molar-refractivity contribution in [2.45, 2.75) is 31.7 Å². The molecule has 0 spiro atoms. The molecule has 0 atom stereocenters. The summed E-state index contributed by atoms with van der Waals surface area (Å²) in [4.78, 5) is 0. The zero-order valence-corrected chi connectivity index (χ0v) is 13.3. The van der Waals surface area contributed by atoms with Gasteiger partial charge in [0.25, 0.3) is 0 Å². The van der Waals surface area contributed by atoms with Crippen LogP contribution < -0.4 is 5.32 Å². The number of halogens is 3. The molecule has 21 heavy (non-hydrogen) atoms. The number of aryl methyl sites for hydroxylation is 1. The van der Waals surface area contributed by atoms with Gasteiger partial charge in [0.05, 0.1) is 10.2 Å². The van der Waals surface area contributed by atoms with Crippen LogP contribution in [0.4, 0.5) is 14.5 Å². The van der Waals surface area contributed by atoms with Gasteiger partial charge < -0.3 is 5.32 Å². The van der Waals surface area contributed by atoms with E-state index in [1.165, 1.54) is 17.2 Å². The third kappa shape index (κ3) is 3.10. The highest BCUT2D eigenvalue weighted by molar-refractivity contribution is 9.10. The summed E-state index contributed by atoms with van der Waals surface area (Å²) in [5.41, 5.74) is 2.82. The maximum absolute atomic E-state index is 13.8. The van der Waals surface area contributed by atoms with Gasteiger partial charge in [-0.05, 0) is 53.2 Å². The normalized spacial score (nSPS) is 21.0. The van der Waals surface area contributed by atoms with Crippen molar-refractivity contribution in [3.63, 3.8) is 0 Å². The molecule has 0 bridgehead atoms. The Kier molecular flexibility index (Phi) is 3.98. The Morgan fingerprint density at radius 3 is 2.57 bits per heavy atom. The fourth-order valence-electron chi connectivity index (χ4n) is 2.79. The molecule has 4 heteroatoms. The van der Waals surface area contributed by atoms with Crippen LogP contribution in [0, 0.1) is 18.6 Å². The fourth-order valence-corrected chi connectivity index (χ4v) is 3.10. The Balaban J connectivity index is 1.64. The lowest BCUT2D eigenvalue weighted by Gasteiger charge is -2.37. The Bertz CT molecular complexity index is 666. The van der Waals surface area contributed by atoms with Crippen molar-refractivity contribution in [1.29, 1.82) is 0 Å². The average Bonchev–Trinajstić information content (AvgIpc) is 2.39. The molecule has 110 valence electrons. The minimum absolute atomic E-state index is 0.150. The van der Waals surface area contributed by atoms with E-state index in [1.54, 1.807) is 0 Å². The highest BCUT2D eigenvalue weighted by Crippen LogP contribution is 2.39. The third-order valence-corrected chi connectivity index (χ3v) is 4.63. The van der Waals surface area contributed by atoms with Gasteiger partial charge in [-0.3, -0.25) is 0 Å². The van der Waals surface area contributed by atoms with Crippen LogP contribution >= 0.6 is 15.9 Å². The van der Waals surface area contributed by atoms with Crippen LogP contribution in [0.3, 0.4) is 0 Å². The number of hydrogen-bond donors (Lipinski definition) is 1. The van der Waals surface area contributed by atoms with Crippen molar-refractivity contribution < 1.29 is 8.78 Å². The van der Waals surface area contributed by atoms with Gasteiger partial charge in [0.15, 0.2) is 0 Å². The summed E-state index contributed by atoms with van der Waals surface area (Å²) >= 11 is 2.98. The molecule has 2 aromatic carbocycles. The van der Waals surface area contributed by atoms with Crippen molar-refractivity contribution in [3.05, 3.63) is 63.6 Å². The van der Waals surface area contributed by atoms with Crippen LogP contribution in [0.2, 0.25) is 0 Å². The first-order chi connectivity index (χ1) is 10.0. The molecule has 3 rings (SSSR count). The molecular weight excluding hydrogens is 336 g/mol. The third-order valence-electron chi connectivity index (χ3n) is 4.02. The highest BCUT2D eigenvalue weighted by atomic mass is 79.9. The summed E-state index contributed by atoms with van der Waals surface area (Å²) in [5.74, 6) is -0.374. The molecule has 2 aromatic rings. The summed E-state index contributed by atoms with van der Waals surface area (Å²) in [6.45, 7) is 2.08. The molecule has 1 N–H and O–H groups in total. The maximum atomic E-state index is 13.8. The predicted octanol–water partition coefficient (Wildman–Crippen LogP) is 5.39. The molecule has 0 amide bonds. The Hall–Kier alpha value is -1.42. The van der Waals surface area contributed by atoms with Gasteiger partial charge in [0, 0.05) is 12.1 Å². The van der Waals surface area contributed by atoms with Gasteiger partial charge in [-0.25, -0.2) is 8.78 Å². The van der Waals surface area contributed by atoms with Crippen molar-refractivity contribution in [3.8, 4) is 0 Å². The summed E-state index contributed by atoms with van der Waals surface area (Å²) in [6.07, 6.45) is 1.89. The monoisotopic (exact) mass is 351 g/mol. The lowest BCUT2D eigenvalue weighted by atomic mass is 9.75. The molecule has 1 aliphatic rings. The summed E-state index contributed by atoms with van der Waals surface area (Å²) < 4.78 is 27.4. The summed E-state index contributed by atoms with van der Waals surface area (Å²) in [5, 5.41) is 3.09. The molecule has 0 heterocycles. The van der Waals surface area contributed by atoms with Gasteiger partial charge in [0.1, 0.15) is 11.6 Å². The fraction of sp³-hybridized carbons (Fsp3) is 0.294. The van der Waals surface area contributed by atoms with E-state index < -0.39 is 11.6 Å². The van der Waals surface area contributed by atoms with Gasteiger partial charge in [-0.2, -0.15) is 0 Å². The number of hydrogen-bond acceptors (Lipinski definition) is 1. The van der Waals surface area contributed by atoms with Crippen molar-refractivity contribution >= 4 is 21.6 Å². The molecule has 0 aliphatic heterocycles. The lowest BCUT2D eigenvalue weighted by Crippen LogP contribution is -2.34. The summed E-state index contributed by atoms with van der Waals surface area (Å²) in [7, 11) is 0. The first-order valence-electron chi connectivity index (χ1n) is 7.00. The van der Waals surface area contributed by atoms with E-state index in [0.29, 0.717) is 5.92 Å². The van der Waals surface area contributed by atoms with Gasteiger partial charge >= 0.3 is 0 Å². The van der Waals surface area contributed by atoms with E-state index in [0.717, 1.165) is 18.9 Å². The molecule has 0 radical (unpaired) electrons. The van der Waals surface area contributed by atoms with Crippen molar-refractivity contribution in [2.75, 3.05) is 5.32 Å². The zero-order chi connectivity index (χ0) is 15.0. The van der Waals surface area contributed by atoms with E-state index in [9.17, 15) is 8.78 Å². The number of rotatable bonds is 3. The number of anilines is 1. The van der Waals surface area contributed by atoms with E-state index in [-0.39, 0.29) is 16.2 Å². The van der Waals surface area contributed by atoms with Crippen LogP contribution in [-0.2, 0) is 0 Å².